The molecule has 2 saturated carbocycles. The number of halogens is 2. The standard InChI is InChI=1S/C16H19Cl2NO3/c17-9-5-8(15(20)12(18)6-9)7-19-14-11-4-2-1-3-10(11)13(14)16(21)22/h5-6,10-11,13-14,19-20H,1-4,7H2,(H,21,22)/t10-,11+,13-,14-/m0/s1. The van der Waals surface area contributed by atoms with Crippen LogP contribution in [0.2, 0.25) is 10.0 Å². The Kier molecular flexibility index (Phi) is 4.53. The largest absolute Gasteiger partial charge is 0.506 e. The number of aliphatic carboxylic acids is 1. The van der Waals surface area contributed by atoms with Gasteiger partial charge in [-0.25, -0.2) is 0 Å². The number of carboxylic acid groups (broad SMARTS) is 1. The zero-order valence-electron chi connectivity index (χ0n) is 12.1. The first-order valence-electron chi connectivity index (χ1n) is 7.62. The van der Waals surface area contributed by atoms with Crippen LogP contribution < -0.4 is 5.32 Å². The van der Waals surface area contributed by atoms with E-state index >= 15 is 0 Å². The molecular weight excluding hydrogens is 325 g/mol. The summed E-state index contributed by atoms with van der Waals surface area (Å²) in [5.74, 6) is -0.340. The number of hydrogen-bond donors (Lipinski definition) is 3. The summed E-state index contributed by atoms with van der Waals surface area (Å²) in [7, 11) is 0. The summed E-state index contributed by atoms with van der Waals surface area (Å²) in [4.78, 5) is 11.5. The smallest absolute Gasteiger partial charge is 0.308 e. The molecule has 22 heavy (non-hydrogen) atoms. The van der Waals surface area contributed by atoms with Gasteiger partial charge < -0.3 is 15.5 Å². The van der Waals surface area contributed by atoms with E-state index in [4.69, 9.17) is 23.2 Å². The van der Waals surface area contributed by atoms with Crippen LogP contribution in [-0.4, -0.2) is 22.2 Å². The van der Waals surface area contributed by atoms with E-state index in [1.807, 2.05) is 0 Å². The molecule has 120 valence electrons. The minimum atomic E-state index is -0.728. The molecule has 1 aromatic rings. The maximum absolute atomic E-state index is 11.5. The molecule has 3 rings (SSSR count). The Labute approximate surface area is 139 Å². The molecule has 4 nitrogen and oxygen atoms in total. The van der Waals surface area contributed by atoms with Crippen LogP contribution in [0.1, 0.15) is 31.2 Å². The Bertz CT molecular complexity index is 593. The fraction of sp³-hybridized carbons (Fsp3) is 0.562. The predicted octanol–water partition coefficient (Wildman–Crippen LogP) is 3.68. The monoisotopic (exact) mass is 343 g/mol. The lowest BCUT2D eigenvalue weighted by Gasteiger charge is -2.53. The topological polar surface area (TPSA) is 69.6 Å². The molecular formula is C16H19Cl2NO3. The van der Waals surface area contributed by atoms with Gasteiger partial charge in [0.1, 0.15) is 5.75 Å². The fourth-order valence-electron chi connectivity index (χ4n) is 4.06. The van der Waals surface area contributed by atoms with Crippen molar-refractivity contribution >= 4 is 29.2 Å². The summed E-state index contributed by atoms with van der Waals surface area (Å²) >= 11 is 11.9. The minimum Gasteiger partial charge on any atom is -0.506 e. The molecule has 2 fully saturated rings. The van der Waals surface area contributed by atoms with E-state index in [0.717, 1.165) is 19.3 Å². The van der Waals surface area contributed by atoms with Crippen LogP contribution in [0, 0.1) is 17.8 Å². The average molecular weight is 344 g/mol. The van der Waals surface area contributed by atoms with Crippen LogP contribution in [-0.2, 0) is 11.3 Å². The maximum Gasteiger partial charge on any atom is 0.308 e. The highest BCUT2D eigenvalue weighted by molar-refractivity contribution is 6.35. The lowest BCUT2D eigenvalue weighted by molar-refractivity contribution is -0.157. The van der Waals surface area contributed by atoms with E-state index in [9.17, 15) is 15.0 Å². The highest BCUT2D eigenvalue weighted by Gasteiger charge is 2.54. The second kappa shape index (κ2) is 6.26. The van der Waals surface area contributed by atoms with E-state index in [1.165, 1.54) is 12.5 Å². The summed E-state index contributed by atoms with van der Waals surface area (Å²) in [6.07, 6.45) is 4.38. The molecule has 2 aliphatic rings. The summed E-state index contributed by atoms with van der Waals surface area (Å²) in [5.41, 5.74) is 0.598. The minimum absolute atomic E-state index is 0.00459. The van der Waals surface area contributed by atoms with Crippen LogP contribution in [0.4, 0.5) is 0 Å². The van der Waals surface area contributed by atoms with Crippen LogP contribution in [0.5, 0.6) is 5.75 Å². The number of phenols is 1. The van der Waals surface area contributed by atoms with E-state index in [-0.39, 0.29) is 22.7 Å². The lowest BCUT2D eigenvalue weighted by atomic mass is 9.55. The maximum atomic E-state index is 11.5. The zero-order valence-corrected chi connectivity index (χ0v) is 13.6. The van der Waals surface area contributed by atoms with Crippen molar-refractivity contribution in [1.82, 2.24) is 5.32 Å². The highest BCUT2D eigenvalue weighted by atomic mass is 35.5. The number of aromatic hydroxyl groups is 1. The predicted molar refractivity (Wildman–Crippen MR) is 85.3 cm³/mol. The molecule has 0 aliphatic heterocycles. The Morgan fingerprint density at radius 1 is 1.23 bits per heavy atom. The van der Waals surface area contributed by atoms with Crippen LogP contribution in [0.25, 0.3) is 0 Å². The molecule has 0 bridgehead atoms. The van der Waals surface area contributed by atoms with Crippen molar-refractivity contribution in [3.05, 3.63) is 27.7 Å². The van der Waals surface area contributed by atoms with E-state index in [2.05, 4.69) is 5.32 Å². The van der Waals surface area contributed by atoms with Crippen LogP contribution in [0.3, 0.4) is 0 Å². The molecule has 0 unspecified atom stereocenters. The number of phenolic OH excluding ortho intramolecular Hbond substituents is 1. The number of carboxylic acids is 1. The summed E-state index contributed by atoms with van der Waals surface area (Å²) in [6.45, 7) is 0.365. The first kappa shape index (κ1) is 15.9. The van der Waals surface area contributed by atoms with Crippen molar-refractivity contribution in [1.29, 1.82) is 0 Å². The molecule has 0 spiro atoms. The van der Waals surface area contributed by atoms with Gasteiger partial charge in [0.2, 0.25) is 0 Å². The van der Waals surface area contributed by atoms with Crippen molar-refractivity contribution in [2.24, 2.45) is 17.8 Å². The average Bonchev–Trinajstić information content (AvgIpc) is 2.44. The third-order valence-electron chi connectivity index (χ3n) is 5.10. The lowest BCUT2D eigenvalue weighted by Crippen LogP contribution is -2.61. The van der Waals surface area contributed by atoms with Gasteiger partial charge in [-0.1, -0.05) is 36.0 Å². The zero-order chi connectivity index (χ0) is 15.9. The number of nitrogens with one attached hydrogen (secondary N) is 1. The number of hydrogen-bond acceptors (Lipinski definition) is 3. The molecule has 0 aromatic heterocycles. The number of carbonyl (C=O) groups is 1. The Morgan fingerprint density at radius 2 is 1.91 bits per heavy atom. The molecule has 4 atom stereocenters. The Balaban J connectivity index is 1.71. The third-order valence-corrected chi connectivity index (χ3v) is 5.61. The molecule has 2 aliphatic carbocycles. The van der Waals surface area contributed by atoms with Gasteiger partial charge in [0.15, 0.2) is 0 Å². The summed E-state index contributed by atoms with van der Waals surface area (Å²) in [5, 5.41) is 23.4. The van der Waals surface area contributed by atoms with Crippen molar-refractivity contribution in [2.75, 3.05) is 0 Å². The van der Waals surface area contributed by atoms with Gasteiger partial charge in [0, 0.05) is 23.2 Å². The Hall–Kier alpha value is -0.970. The van der Waals surface area contributed by atoms with Gasteiger partial charge in [-0.05, 0) is 36.8 Å². The number of fused-ring (bicyclic) bond motifs is 1. The van der Waals surface area contributed by atoms with E-state index < -0.39 is 5.97 Å². The second-order valence-electron chi connectivity index (χ2n) is 6.28. The molecule has 0 amide bonds. The van der Waals surface area contributed by atoms with Crippen LogP contribution >= 0.6 is 23.2 Å². The van der Waals surface area contributed by atoms with E-state index in [1.54, 1.807) is 6.07 Å². The molecule has 6 heteroatoms. The number of rotatable bonds is 4. The van der Waals surface area contributed by atoms with Gasteiger partial charge in [-0.15, -0.1) is 0 Å². The molecule has 1 aromatic carbocycles. The second-order valence-corrected chi connectivity index (χ2v) is 7.12. The van der Waals surface area contributed by atoms with E-state index in [0.29, 0.717) is 29.0 Å². The molecule has 0 heterocycles. The van der Waals surface area contributed by atoms with Crippen molar-refractivity contribution in [3.8, 4) is 5.75 Å². The third kappa shape index (κ3) is 2.80. The Morgan fingerprint density at radius 3 is 2.59 bits per heavy atom. The fourth-order valence-corrected chi connectivity index (χ4v) is 4.60. The van der Waals surface area contributed by atoms with Gasteiger partial charge in [-0.3, -0.25) is 4.79 Å². The summed E-state index contributed by atoms with van der Waals surface area (Å²) < 4.78 is 0. The van der Waals surface area contributed by atoms with Gasteiger partial charge in [0.25, 0.3) is 0 Å². The first-order valence-corrected chi connectivity index (χ1v) is 8.37. The summed E-state index contributed by atoms with van der Waals surface area (Å²) in [6, 6.07) is 3.10. The number of benzene rings is 1. The van der Waals surface area contributed by atoms with Gasteiger partial charge >= 0.3 is 5.97 Å². The quantitative estimate of drug-likeness (QED) is 0.779. The highest BCUT2D eigenvalue weighted by Crippen LogP contribution is 2.49. The van der Waals surface area contributed by atoms with Crippen LogP contribution in [0.15, 0.2) is 12.1 Å². The van der Waals surface area contributed by atoms with Crippen molar-refractivity contribution in [2.45, 2.75) is 38.3 Å². The molecule has 3 N–H and O–H groups in total. The first-order chi connectivity index (χ1) is 10.5. The normalized spacial score (nSPS) is 30.5. The SMILES string of the molecule is O=C(O)[C@H]1[C@H]2CCCC[C@H]2[C@@H]1NCc1cc(Cl)cc(Cl)c1O. The van der Waals surface area contributed by atoms with Crippen molar-refractivity contribution in [3.63, 3.8) is 0 Å². The van der Waals surface area contributed by atoms with Gasteiger partial charge in [0.05, 0.1) is 10.9 Å². The molecule has 0 saturated heterocycles. The molecule has 0 radical (unpaired) electrons. The van der Waals surface area contributed by atoms with Gasteiger partial charge in [-0.2, -0.15) is 0 Å². The van der Waals surface area contributed by atoms with Crippen molar-refractivity contribution < 1.29 is 15.0 Å².